The Morgan fingerprint density at radius 3 is 2.67 bits per heavy atom. The fourth-order valence-electron chi connectivity index (χ4n) is 3.49. The molecule has 122 valence electrons. The van der Waals surface area contributed by atoms with E-state index >= 15 is 0 Å². The van der Waals surface area contributed by atoms with Crippen LogP contribution in [0.1, 0.15) is 24.0 Å². The van der Waals surface area contributed by atoms with Gasteiger partial charge in [0.25, 0.3) is 5.69 Å². The van der Waals surface area contributed by atoms with Gasteiger partial charge in [-0.25, -0.2) is 0 Å². The lowest BCUT2D eigenvalue weighted by Crippen LogP contribution is -2.38. The Kier molecular flexibility index (Phi) is 3.35. The third-order valence-corrected chi connectivity index (χ3v) is 5.19. The second-order valence-electron chi connectivity index (χ2n) is 6.37. The largest absolute Gasteiger partial charge is 0.311 e. The van der Waals surface area contributed by atoms with E-state index in [2.05, 4.69) is 0 Å². The molecule has 0 saturated heterocycles. The first-order chi connectivity index (χ1) is 11.5. The van der Waals surface area contributed by atoms with E-state index in [0.717, 1.165) is 30.4 Å². The molecule has 1 aliphatic heterocycles. The van der Waals surface area contributed by atoms with Gasteiger partial charge in [0.05, 0.1) is 16.0 Å². The lowest BCUT2D eigenvalue weighted by molar-refractivity contribution is -0.384. The van der Waals surface area contributed by atoms with Crippen molar-refractivity contribution in [3.8, 4) is 0 Å². The van der Waals surface area contributed by atoms with Crippen molar-refractivity contribution in [2.75, 3.05) is 11.4 Å². The Labute approximate surface area is 144 Å². The van der Waals surface area contributed by atoms with E-state index in [-0.39, 0.29) is 11.6 Å². The minimum atomic E-state index is -0.531. The van der Waals surface area contributed by atoms with Crippen molar-refractivity contribution in [2.24, 2.45) is 0 Å². The van der Waals surface area contributed by atoms with Crippen LogP contribution < -0.4 is 4.90 Å². The van der Waals surface area contributed by atoms with Crippen LogP contribution in [0, 0.1) is 10.1 Å². The van der Waals surface area contributed by atoms with Crippen molar-refractivity contribution in [1.29, 1.82) is 0 Å². The molecule has 0 N–H and O–H groups in total. The minimum Gasteiger partial charge on any atom is -0.311 e. The van der Waals surface area contributed by atoms with Gasteiger partial charge in [-0.15, -0.1) is 0 Å². The maximum absolute atomic E-state index is 13.2. The standard InChI is InChI=1S/C18H15ClN2O3/c19-14-3-1-2-13(10-14)18(7-8-18)17(22)20-9-6-12-4-5-15(21(23)24)11-16(12)20/h1-5,10-11H,6-9H2. The molecule has 0 unspecified atom stereocenters. The molecule has 2 aliphatic rings. The summed E-state index contributed by atoms with van der Waals surface area (Å²) in [6, 6.07) is 12.2. The Hall–Kier alpha value is -2.40. The first-order valence-corrected chi connectivity index (χ1v) is 8.24. The molecule has 1 saturated carbocycles. The molecule has 1 aliphatic carbocycles. The molecule has 2 aromatic rings. The molecule has 0 spiro atoms. The number of hydrogen-bond donors (Lipinski definition) is 0. The number of anilines is 1. The van der Waals surface area contributed by atoms with E-state index in [9.17, 15) is 14.9 Å². The molecule has 4 rings (SSSR count). The van der Waals surface area contributed by atoms with Crippen molar-refractivity contribution in [1.82, 2.24) is 0 Å². The first-order valence-electron chi connectivity index (χ1n) is 7.87. The number of carbonyl (C=O) groups excluding carboxylic acids is 1. The zero-order valence-corrected chi connectivity index (χ0v) is 13.6. The highest BCUT2D eigenvalue weighted by molar-refractivity contribution is 6.30. The first kappa shape index (κ1) is 15.1. The van der Waals surface area contributed by atoms with Gasteiger partial charge in [-0.2, -0.15) is 0 Å². The van der Waals surface area contributed by atoms with E-state index < -0.39 is 10.3 Å². The molecular weight excluding hydrogens is 328 g/mol. The van der Waals surface area contributed by atoms with Gasteiger partial charge in [-0.1, -0.05) is 29.8 Å². The van der Waals surface area contributed by atoms with Crippen LogP contribution >= 0.6 is 11.6 Å². The number of nitro benzene ring substituents is 1. The number of fused-ring (bicyclic) bond motifs is 1. The Morgan fingerprint density at radius 2 is 2.00 bits per heavy atom. The number of amides is 1. The van der Waals surface area contributed by atoms with Gasteiger partial charge in [0, 0.05) is 23.7 Å². The fraction of sp³-hybridized carbons (Fsp3) is 0.278. The Morgan fingerprint density at radius 1 is 1.21 bits per heavy atom. The summed E-state index contributed by atoms with van der Waals surface area (Å²) in [4.78, 5) is 25.5. The Bertz CT molecular complexity index is 861. The number of carbonyl (C=O) groups is 1. The molecule has 0 bridgehead atoms. The number of nitrogens with zero attached hydrogens (tertiary/aromatic N) is 2. The summed E-state index contributed by atoms with van der Waals surface area (Å²) in [5.74, 6) is 0.0176. The van der Waals surface area contributed by atoms with Crippen LogP contribution in [-0.2, 0) is 16.6 Å². The van der Waals surface area contributed by atoms with Crippen LogP contribution in [0.25, 0.3) is 0 Å². The molecule has 1 heterocycles. The molecule has 1 fully saturated rings. The normalized spacial score (nSPS) is 17.5. The SMILES string of the molecule is O=C(N1CCc2ccc([N+](=O)[O-])cc21)C1(c2cccc(Cl)c2)CC1. The van der Waals surface area contributed by atoms with Crippen molar-refractivity contribution >= 4 is 28.9 Å². The van der Waals surface area contributed by atoms with Crippen molar-refractivity contribution in [3.63, 3.8) is 0 Å². The van der Waals surface area contributed by atoms with Crippen LogP contribution in [0.2, 0.25) is 5.02 Å². The number of benzene rings is 2. The summed E-state index contributed by atoms with van der Waals surface area (Å²) in [6.45, 7) is 0.567. The molecule has 2 aromatic carbocycles. The van der Waals surface area contributed by atoms with Crippen molar-refractivity contribution in [3.05, 3.63) is 68.7 Å². The second-order valence-corrected chi connectivity index (χ2v) is 6.81. The topological polar surface area (TPSA) is 63.5 Å². The zero-order chi connectivity index (χ0) is 16.9. The molecule has 5 nitrogen and oxygen atoms in total. The van der Waals surface area contributed by atoms with Gasteiger partial charge >= 0.3 is 0 Å². The number of non-ortho nitro benzene ring substituents is 1. The summed E-state index contributed by atoms with van der Waals surface area (Å²) < 4.78 is 0. The summed E-state index contributed by atoms with van der Waals surface area (Å²) in [6.07, 6.45) is 2.30. The summed E-state index contributed by atoms with van der Waals surface area (Å²) >= 11 is 6.08. The highest BCUT2D eigenvalue weighted by atomic mass is 35.5. The minimum absolute atomic E-state index is 0.0149. The number of nitro groups is 1. The quantitative estimate of drug-likeness (QED) is 0.628. The summed E-state index contributed by atoms with van der Waals surface area (Å²) in [7, 11) is 0. The van der Waals surface area contributed by atoms with Gasteiger partial charge in [-0.3, -0.25) is 14.9 Å². The third kappa shape index (κ3) is 2.27. The lowest BCUT2D eigenvalue weighted by atomic mass is 9.94. The predicted molar refractivity (Wildman–Crippen MR) is 91.5 cm³/mol. The van der Waals surface area contributed by atoms with E-state index in [1.54, 1.807) is 17.0 Å². The lowest BCUT2D eigenvalue weighted by Gasteiger charge is -2.24. The zero-order valence-electron chi connectivity index (χ0n) is 12.9. The van der Waals surface area contributed by atoms with Gasteiger partial charge in [0.2, 0.25) is 5.91 Å². The highest BCUT2D eigenvalue weighted by Gasteiger charge is 2.54. The smallest absolute Gasteiger partial charge is 0.271 e. The van der Waals surface area contributed by atoms with E-state index in [1.165, 1.54) is 12.1 Å². The van der Waals surface area contributed by atoms with Crippen LogP contribution in [0.4, 0.5) is 11.4 Å². The molecule has 0 atom stereocenters. The third-order valence-electron chi connectivity index (χ3n) is 4.96. The number of hydrogen-bond acceptors (Lipinski definition) is 3. The molecular formula is C18H15ClN2O3. The highest BCUT2D eigenvalue weighted by Crippen LogP contribution is 2.51. The van der Waals surface area contributed by atoms with E-state index in [1.807, 2.05) is 18.2 Å². The average Bonchev–Trinajstić information content (AvgIpc) is 3.28. The van der Waals surface area contributed by atoms with E-state index in [4.69, 9.17) is 11.6 Å². The van der Waals surface area contributed by atoms with Crippen molar-refractivity contribution in [2.45, 2.75) is 24.7 Å². The Balaban J connectivity index is 1.70. The predicted octanol–water partition coefficient (Wildman–Crippen LogP) is 3.87. The van der Waals surface area contributed by atoms with Gasteiger partial charge in [0.15, 0.2) is 0 Å². The van der Waals surface area contributed by atoms with E-state index in [0.29, 0.717) is 17.3 Å². The van der Waals surface area contributed by atoms with Crippen LogP contribution in [0.15, 0.2) is 42.5 Å². The maximum atomic E-state index is 13.2. The molecule has 24 heavy (non-hydrogen) atoms. The van der Waals surface area contributed by atoms with Gasteiger partial charge in [-0.05, 0) is 42.5 Å². The number of halogens is 1. The van der Waals surface area contributed by atoms with Crippen LogP contribution in [0.5, 0.6) is 0 Å². The van der Waals surface area contributed by atoms with Gasteiger partial charge in [0.1, 0.15) is 0 Å². The monoisotopic (exact) mass is 342 g/mol. The molecule has 1 amide bonds. The molecule has 6 heteroatoms. The van der Waals surface area contributed by atoms with Gasteiger partial charge < -0.3 is 4.90 Å². The second kappa shape index (κ2) is 5.31. The number of rotatable bonds is 3. The van der Waals surface area contributed by atoms with Crippen molar-refractivity contribution < 1.29 is 9.72 Å². The molecule has 0 aromatic heterocycles. The fourth-order valence-corrected chi connectivity index (χ4v) is 3.68. The van der Waals surface area contributed by atoms with Crippen LogP contribution in [-0.4, -0.2) is 17.4 Å². The molecule has 0 radical (unpaired) electrons. The average molecular weight is 343 g/mol. The summed E-state index contributed by atoms with van der Waals surface area (Å²) in [5, 5.41) is 11.6. The maximum Gasteiger partial charge on any atom is 0.271 e. The summed E-state index contributed by atoms with van der Waals surface area (Å²) in [5.41, 5.74) is 2.07. The van der Waals surface area contributed by atoms with Crippen LogP contribution in [0.3, 0.4) is 0 Å².